The molecule has 0 aliphatic carbocycles. The lowest BCUT2D eigenvalue weighted by atomic mass is 10.3. The van der Waals surface area contributed by atoms with E-state index in [-0.39, 0.29) is 18.6 Å². The van der Waals surface area contributed by atoms with E-state index in [2.05, 4.69) is 10.4 Å². The molecule has 2 aromatic rings. The molecule has 1 amide bonds. The van der Waals surface area contributed by atoms with Crippen LogP contribution in [-0.2, 0) is 9.53 Å². The number of hydrogen-bond donors (Lipinski definition) is 1. The molecule has 0 saturated carbocycles. The predicted molar refractivity (Wildman–Crippen MR) is 84.0 cm³/mol. The molecule has 6 nitrogen and oxygen atoms in total. The van der Waals surface area contributed by atoms with E-state index >= 15 is 0 Å². The molecule has 2 heterocycles. The van der Waals surface area contributed by atoms with E-state index in [1.807, 2.05) is 54.4 Å². The number of rotatable bonds is 4. The molecule has 1 unspecified atom stereocenters. The van der Waals surface area contributed by atoms with Crippen LogP contribution in [0.2, 0.25) is 0 Å². The number of nitrogens with one attached hydrogen (secondary N) is 1. The number of aromatic nitrogens is 2. The summed E-state index contributed by atoms with van der Waals surface area (Å²) in [7, 11) is 0. The van der Waals surface area contributed by atoms with E-state index in [0.29, 0.717) is 25.5 Å². The largest absolute Gasteiger partial charge is 0.375 e. The first kappa shape index (κ1) is 14.6. The lowest BCUT2D eigenvalue weighted by molar-refractivity contribution is -0.136. The van der Waals surface area contributed by atoms with Crippen molar-refractivity contribution in [3.8, 4) is 5.69 Å². The van der Waals surface area contributed by atoms with Gasteiger partial charge in [0.2, 0.25) is 5.91 Å². The normalized spacial score (nSPS) is 18.2. The molecule has 0 radical (unpaired) electrons. The van der Waals surface area contributed by atoms with Gasteiger partial charge in [0, 0.05) is 25.4 Å². The Balaban J connectivity index is 1.56. The third kappa shape index (κ3) is 3.46. The van der Waals surface area contributed by atoms with Crippen LogP contribution in [0.5, 0.6) is 0 Å². The van der Waals surface area contributed by atoms with Gasteiger partial charge in [-0.05, 0) is 19.1 Å². The molecular weight excluding hydrogens is 280 g/mol. The molecule has 0 bridgehead atoms. The van der Waals surface area contributed by atoms with Crippen LogP contribution in [-0.4, -0.2) is 52.9 Å². The van der Waals surface area contributed by atoms with E-state index in [0.717, 1.165) is 5.69 Å². The smallest absolute Gasteiger partial charge is 0.242 e. The van der Waals surface area contributed by atoms with Crippen LogP contribution in [0.15, 0.2) is 42.6 Å². The standard InChI is InChI=1S/C16H20N4O2/c1-13-12-19(9-10-22-13)16(21)11-17-15-7-8-20(18-15)14-5-3-2-4-6-14/h2-8,13H,9-12H2,1H3,(H,17,18). The van der Waals surface area contributed by atoms with Crippen LogP contribution >= 0.6 is 0 Å². The maximum Gasteiger partial charge on any atom is 0.242 e. The van der Waals surface area contributed by atoms with Gasteiger partial charge in [-0.2, -0.15) is 5.10 Å². The van der Waals surface area contributed by atoms with Crippen LogP contribution in [0.4, 0.5) is 5.82 Å². The van der Waals surface area contributed by atoms with Crippen molar-refractivity contribution in [3.05, 3.63) is 42.6 Å². The van der Waals surface area contributed by atoms with Crippen LogP contribution in [0.3, 0.4) is 0 Å². The van der Waals surface area contributed by atoms with Crippen LogP contribution in [0.1, 0.15) is 6.92 Å². The zero-order valence-electron chi connectivity index (χ0n) is 12.6. The molecule has 1 N–H and O–H groups in total. The maximum atomic E-state index is 12.2. The summed E-state index contributed by atoms with van der Waals surface area (Å²) >= 11 is 0. The van der Waals surface area contributed by atoms with Gasteiger partial charge in [0.25, 0.3) is 0 Å². The number of hydrogen-bond acceptors (Lipinski definition) is 4. The number of amides is 1. The molecule has 1 fully saturated rings. The van der Waals surface area contributed by atoms with E-state index < -0.39 is 0 Å². The monoisotopic (exact) mass is 300 g/mol. The number of benzene rings is 1. The van der Waals surface area contributed by atoms with Gasteiger partial charge < -0.3 is 15.0 Å². The van der Waals surface area contributed by atoms with Gasteiger partial charge in [0.05, 0.1) is 24.9 Å². The van der Waals surface area contributed by atoms with Crippen LogP contribution in [0.25, 0.3) is 5.69 Å². The summed E-state index contributed by atoms with van der Waals surface area (Å²) in [6, 6.07) is 11.7. The SMILES string of the molecule is CC1CN(C(=O)CNc2ccn(-c3ccccc3)n2)CCO1. The van der Waals surface area contributed by atoms with E-state index in [4.69, 9.17) is 4.74 Å². The molecule has 0 spiro atoms. The fourth-order valence-electron chi connectivity index (χ4n) is 2.47. The quantitative estimate of drug-likeness (QED) is 0.930. The summed E-state index contributed by atoms with van der Waals surface area (Å²) in [5.41, 5.74) is 0.990. The maximum absolute atomic E-state index is 12.2. The lowest BCUT2D eigenvalue weighted by Crippen LogP contribution is -2.46. The highest BCUT2D eigenvalue weighted by molar-refractivity contribution is 5.80. The molecule has 1 aliphatic rings. The Hall–Kier alpha value is -2.34. The van der Waals surface area contributed by atoms with Gasteiger partial charge in [-0.25, -0.2) is 4.68 Å². The number of carbonyl (C=O) groups is 1. The minimum atomic E-state index is 0.0735. The number of para-hydroxylation sites is 1. The van der Waals surface area contributed by atoms with Crippen LogP contribution < -0.4 is 5.32 Å². The average molecular weight is 300 g/mol. The third-order valence-electron chi connectivity index (χ3n) is 3.62. The van der Waals surface area contributed by atoms with Gasteiger partial charge >= 0.3 is 0 Å². The van der Waals surface area contributed by atoms with Crippen molar-refractivity contribution < 1.29 is 9.53 Å². The van der Waals surface area contributed by atoms with E-state index in [9.17, 15) is 4.79 Å². The predicted octanol–water partition coefficient (Wildman–Crippen LogP) is 1.53. The first-order valence-corrected chi connectivity index (χ1v) is 7.47. The number of morpholine rings is 1. The first-order chi connectivity index (χ1) is 10.7. The average Bonchev–Trinajstić information content (AvgIpc) is 3.02. The summed E-state index contributed by atoms with van der Waals surface area (Å²) < 4.78 is 7.22. The summed E-state index contributed by atoms with van der Waals surface area (Å²) in [6.45, 7) is 4.14. The molecule has 1 aliphatic heterocycles. The van der Waals surface area contributed by atoms with Gasteiger partial charge in [-0.15, -0.1) is 0 Å². The van der Waals surface area contributed by atoms with Crippen molar-refractivity contribution in [2.75, 3.05) is 31.6 Å². The van der Waals surface area contributed by atoms with Gasteiger partial charge in [0.1, 0.15) is 5.82 Å². The molecule has 6 heteroatoms. The highest BCUT2D eigenvalue weighted by Crippen LogP contribution is 2.10. The summed E-state index contributed by atoms with van der Waals surface area (Å²) in [6.07, 6.45) is 1.98. The molecule has 1 aromatic carbocycles. The fraction of sp³-hybridized carbons (Fsp3) is 0.375. The van der Waals surface area contributed by atoms with Gasteiger partial charge in [-0.1, -0.05) is 18.2 Å². The highest BCUT2D eigenvalue weighted by atomic mass is 16.5. The molecular formula is C16H20N4O2. The van der Waals surface area contributed by atoms with Gasteiger partial charge in [-0.3, -0.25) is 4.79 Å². The van der Waals surface area contributed by atoms with Crippen molar-refractivity contribution in [2.24, 2.45) is 0 Å². The molecule has 3 rings (SSSR count). The summed E-state index contributed by atoms with van der Waals surface area (Å²) in [5, 5.41) is 7.51. The van der Waals surface area contributed by atoms with Crippen molar-refractivity contribution >= 4 is 11.7 Å². The van der Waals surface area contributed by atoms with Crippen molar-refractivity contribution in [1.29, 1.82) is 0 Å². The Bertz CT molecular complexity index is 626. The minimum Gasteiger partial charge on any atom is -0.375 e. The Morgan fingerprint density at radius 3 is 2.95 bits per heavy atom. The fourth-order valence-corrected chi connectivity index (χ4v) is 2.47. The number of anilines is 1. The first-order valence-electron chi connectivity index (χ1n) is 7.47. The zero-order chi connectivity index (χ0) is 15.4. The van der Waals surface area contributed by atoms with Crippen molar-refractivity contribution in [2.45, 2.75) is 13.0 Å². The van der Waals surface area contributed by atoms with E-state index in [1.54, 1.807) is 4.68 Å². The Labute approximate surface area is 129 Å². The molecule has 116 valence electrons. The van der Waals surface area contributed by atoms with Crippen molar-refractivity contribution in [3.63, 3.8) is 0 Å². The second-order valence-corrected chi connectivity index (χ2v) is 5.36. The summed E-state index contributed by atoms with van der Waals surface area (Å²) in [5.74, 6) is 0.767. The third-order valence-corrected chi connectivity index (χ3v) is 3.62. The molecule has 22 heavy (non-hydrogen) atoms. The Morgan fingerprint density at radius 2 is 2.18 bits per heavy atom. The second-order valence-electron chi connectivity index (χ2n) is 5.36. The number of nitrogens with zero attached hydrogens (tertiary/aromatic N) is 3. The minimum absolute atomic E-state index is 0.0735. The summed E-state index contributed by atoms with van der Waals surface area (Å²) in [4.78, 5) is 14.0. The Morgan fingerprint density at radius 1 is 1.36 bits per heavy atom. The van der Waals surface area contributed by atoms with Gasteiger partial charge in [0.15, 0.2) is 0 Å². The van der Waals surface area contributed by atoms with Crippen molar-refractivity contribution in [1.82, 2.24) is 14.7 Å². The highest BCUT2D eigenvalue weighted by Gasteiger charge is 2.21. The lowest BCUT2D eigenvalue weighted by Gasteiger charge is -2.31. The second kappa shape index (κ2) is 6.62. The molecule has 1 atom stereocenters. The zero-order valence-corrected chi connectivity index (χ0v) is 12.6. The Kier molecular flexibility index (Phi) is 4.39. The van der Waals surface area contributed by atoms with E-state index in [1.165, 1.54) is 0 Å². The number of ether oxygens (including phenoxy) is 1. The molecule has 1 aromatic heterocycles. The molecule has 1 saturated heterocycles. The topological polar surface area (TPSA) is 59.4 Å². The van der Waals surface area contributed by atoms with Crippen LogP contribution in [0, 0.1) is 0 Å². The number of carbonyl (C=O) groups excluding carboxylic acids is 1.